The molecule has 1 saturated heterocycles. The Labute approximate surface area is 160 Å². The fraction of sp³-hybridized carbons (Fsp3) is 0.316. The summed E-state index contributed by atoms with van der Waals surface area (Å²) < 4.78 is 20.1. The van der Waals surface area contributed by atoms with E-state index >= 15 is 0 Å². The summed E-state index contributed by atoms with van der Waals surface area (Å²) in [5.74, 6) is -0.664. The molecular formula is C19H18ClFN4O2. The number of aryl methyl sites for hydroxylation is 1. The van der Waals surface area contributed by atoms with E-state index in [0.29, 0.717) is 42.4 Å². The van der Waals surface area contributed by atoms with Gasteiger partial charge in [0.25, 0.3) is 0 Å². The first kappa shape index (κ1) is 18.0. The number of halogens is 2. The second kappa shape index (κ2) is 7.34. The summed E-state index contributed by atoms with van der Waals surface area (Å²) in [6.45, 7) is 5.45. The fourth-order valence-electron chi connectivity index (χ4n) is 3.27. The molecule has 27 heavy (non-hydrogen) atoms. The molecule has 0 unspecified atom stereocenters. The lowest BCUT2D eigenvalue weighted by molar-refractivity contribution is 0.0343. The number of hydrogen-bond donors (Lipinski definition) is 0. The Morgan fingerprint density at radius 2 is 1.96 bits per heavy atom. The summed E-state index contributed by atoms with van der Waals surface area (Å²) >= 11 is 6.23. The van der Waals surface area contributed by atoms with Crippen LogP contribution in [0.25, 0.3) is 5.65 Å². The summed E-state index contributed by atoms with van der Waals surface area (Å²) in [5.41, 5.74) is 2.77. The van der Waals surface area contributed by atoms with Crippen LogP contribution in [0.2, 0.25) is 5.15 Å². The normalized spacial score (nSPS) is 15.4. The van der Waals surface area contributed by atoms with E-state index in [1.54, 1.807) is 13.0 Å². The van der Waals surface area contributed by atoms with E-state index in [1.807, 2.05) is 0 Å². The summed E-state index contributed by atoms with van der Waals surface area (Å²) in [6.07, 6.45) is 0. The zero-order valence-electron chi connectivity index (χ0n) is 14.8. The molecule has 0 saturated carbocycles. The zero-order valence-corrected chi connectivity index (χ0v) is 15.5. The third-order valence-electron chi connectivity index (χ3n) is 4.62. The lowest BCUT2D eigenvalue weighted by Gasteiger charge is -2.26. The van der Waals surface area contributed by atoms with Crippen molar-refractivity contribution in [3.63, 3.8) is 0 Å². The van der Waals surface area contributed by atoms with Gasteiger partial charge in [-0.1, -0.05) is 11.6 Å². The molecule has 0 aliphatic carbocycles. The van der Waals surface area contributed by atoms with Gasteiger partial charge < -0.3 is 4.74 Å². The Balaban J connectivity index is 1.77. The number of aromatic nitrogens is 3. The van der Waals surface area contributed by atoms with E-state index in [2.05, 4.69) is 15.0 Å². The molecular weight excluding hydrogens is 371 g/mol. The molecule has 1 fully saturated rings. The first-order valence-electron chi connectivity index (χ1n) is 8.68. The molecule has 0 spiro atoms. The maximum absolute atomic E-state index is 13.2. The van der Waals surface area contributed by atoms with Crippen LogP contribution in [0.1, 0.15) is 27.3 Å². The second-order valence-electron chi connectivity index (χ2n) is 6.50. The molecule has 0 amide bonds. The van der Waals surface area contributed by atoms with Crippen LogP contribution in [0.3, 0.4) is 0 Å². The van der Waals surface area contributed by atoms with E-state index < -0.39 is 5.82 Å². The molecule has 0 N–H and O–H groups in total. The number of imidazole rings is 1. The van der Waals surface area contributed by atoms with Crippen LogP contribution in [-0.4, -0.2) is 51.6 Å². The van der Waals surface area contributed by atoms with Gasteiger partial charge in [-0.2, -0.15) is 5.10 Å². The molecule has 0 radical (unpaired) electrons. The molecule has 0 bridgehead atoms. The van der Waals surface area contributed by atoms with Crippen molar-refractivity contribution in [3.05, 3.63) is 63.8 Å². The zero-order chi connectivity index (χ0) is 19.0. The third kappa shape index (κ3) is 3.58. The highest BCUT2D eigenvalue weighted by Gasteiger charge is 2.23. The van der Waals surface area contributed by atoms with E-state index in [1.165, 1.54) is 28.8 Å². The van der Waals surface area contributed by atoms with Crippen LogP contribution in [0, 0.1) is 12.7 Å². The number of nitrogens with zero attached hydrogens (tertiary/aromatic N) is 4. The number of morpholine rings is 1. The molecule has 2 aromatic heterocycles. The van der Waals surface area contributed by atoms with Crippen molar-refractivity contribution in [1.82, 2.24) is 19.5 Å². The van der Waals surface area contributed by atoms with Crippen LogP contribution in [-0.2, 0) is 11.3 Å². The van der Waals surface area contributed by atoms with Crippen LogP contribution in [0.5, 0.6) is 0 Å². The number of hydrogen-bond acceptors (Lipinski definition) is 5. The van der Waals surface area contributed by atoms with Gasteiger partial charge in [-0.05, 0) is 37.3 Å². The number of carbonyl (C=O) groups is 1. The Hall–Kier alpha value is -2.35. The molecule has 1 aliphatic heterocycles. The van der Waals surface area contributed by atoms with Gasteiger partial charge in [-0.25, -0.2) is 13.9 Å². The standard InChI is InChI=1S/C19H18ClFN4O2/c1-12-17(18(26)13-2-4-15(21)5-3-13)25-19(22-12)14(10-16(20)23-25)11-24-6-8-27-9-7-24/h2-5,10H,6-9,11H2,1H3. The third-order valence-corrected chi connectivity index (χ3v) is 4.81. The molecule has 3 aromatic rings. The van der Waals surface area contributed by atoms with Gasteiger partial charge in [0.2, 0.25) is 5.78 Å². The molecule has 140 valence electrons. The van der Waals surface area contributed by atoms with Crippen molar-refractivity contribution >= 4 is 23.0 Å². The predicted octanol–water partition coefficient (Wildman–Crippen LogP) is 2.89. The lowest BCUT2D eigenvalue weighted by atomic mass is 10.1. The summed E-state index contributed by atoms with van der Waals surface area (Å²) in [7, 11) is 0. The monoisotopic (exact) mass is 388 g/mol. The van der Waals surface area contributed by atoms with Crippen LogP contribution in [0.15, 0.2) is 30.3 Å². The van der Waals surface area contributed by atoms with Gasteiger partial charge in [0.1, 0.15) is 11.5 Å². The first-order valence-corrected chi connectivity index (χ1v) is 9.06. The molecule has 0 atom stereocenters. The van der Waals surface area contributed by atoms with Gasteiger partial charge in [-0.3, -0.25) is 9.69 Å². The largest absolute Gasteiger partial charge is 0.379 e. The molecule has 1 aromatic carbocycles. The number of benzene rings is 1. The number of carbonyl (C=O) groups excluding carboxylic acids is 1. The number of fused-ring (bicyclic) bond motifs is 1. The Morgan fingerprint density at radius 1 is 1.26 bits per heavy atom. The van der Waals surface area contributed by atoms with Gasteiger partial charge in [0.05, 0.1) is 18.9 Å². The molecule has 1 aliphatic rings. The molecule has 6 nitrogen and oxygen atoms in total. The highest BCUT2D eigenvalue weighted by Crippen LogP contribution is 2.22. The van der Waals surface area contributed by atoms with Crippen molar-refractivity contribution in [2.75, 3.05) is 26.3 Å². The highest BCUT2D eigenvalue weighted by atomic mass is 35.5. The number of ketones is 1. The fourth-order valence-corrected chi connectivity index (χ4v) is 3.48. The molecule has 8 heteroatoms. The molecule has 3 heterocycles. The minimum absolute atomic E-state index is 0.271. The lowest BCUT2D eigenvalue weighted by Crippen LogP contribution is -2.35. The van der Waals surface area contributed by atoms with E-state index in [-0.39, 0.29) is 10.9 Å². The number of rotatable bonds is 4. The summed E-state index contributed by atoms with van der Waals surface area (Å²) in [5, 5.41) is 4.58. The van der Waals surface area contributed by atoms with Crippen molar-refractivity contribution < 1.29 is 13.9 Å². The van der Waals surface area contributed by atoms with Crippen molar-refractivity contribution in [1.29, 1.82) is 0 Å². The Bertz CT molecular complexity index is 997. The topological polar surface area (TPSA) is 59.7 Å². The van der Waals surface area contributed by atoms with E-state index in [9.17, 15) is 9.18 Å². The molecule has 4 rings (SSSR count). The first-order chi connectivity index (χ1) is 13.0. The van der Waals surface area contributed by atoms with Crippen LogP contribution < -0.4 is 0 Å². The van der Waals surface area contributed by atoms with Crippen molar-refractivity contribution in [3.8, 4) is 0 Å². The van der Waals surface area contributed by atoms with Crippen molar-refractivity contribution in [2.24, 2.45) is 0 Å². The van der Waals surface area contributed by atoms with Gasteiger partial charge >= 0.3 is 0 Å². The van der Waals surface area contributed by atoms with Crippen LogP contribution >= 0.6 is 11.6 Å². The van der Waals surface area contributed by atoms with Gasteiger partial charge in [0, 0.05) is 30.8 Å². The van der Waals surface area contributed by atoms with Crippen molar-refractivity contribution in [2.45, 2.75) is 13.5 Å². The summed E-state index contributed by atoms with van der Waals surface area (Å²) in [4.78, 5) is 19.8. The quantitative estimate of drug-likeness (QED) is 0.643. The SMILES string of the molecule is Cc1nc2c(CN3CCOCC3)cc(Cl)nn2c1C(=O)c1ccc(F)cc1. The maximum atomic E-state index is 13.2. The second-order valence-corrected chi connectivity index (χ2v) is 6.89. The minimum Gasteiger partial charge on any atom is -0.379 e. The predicted molar refractivity (Wildman–Crippen MR) is 98.7 cm³/mol. The van der Waals surface area contributed by atoms with E-state index in [4.69, 9.17) is 16.3 Å². The number of ether oxygens (including phenoxy) is 1. The van der Waals surface area contributed by atoms with Gasteiger partial charge in [0.15, 0.2) is 10.8 Å². The average Bonchev–Trinajstić information content (AvgIpc) is 2.98. The van der Waals surface area contributed by atoms with Gasteiger partial charge in [-0.15, -0.1) is 0 Å². The van der Waals surface area contributed by atoms with Crippen LogP contribution in [0.4, 0.5) is 4.39 Å². The minimum atomic E-state index is -0.393. The summed E-state index contributed by atoms with van der Waals surface area (Å²) in [6, 6.07) is 7.21. The van der Waals surface area contributed by atoms with E-state index in [0.717, 1.165) is 18.7 Å². The maximum Gasteiger partial charge on any atom is 0.213 e. The smallest absolute Gasteiger partial charge is 0.213 e. The Kier molecular flexibility index (Phi) is 4.90. The Morgan fingerprint density at radius 3 is 2.67 bits per heavy atom. The average molecular weight is 389 g/mol. The highest BCUT2D eigenvalue weighted by molar-refractivity contribution is 6.29.